The average molecular weight is 481 g/mol. The molecule has 0 radical (unpaired) electrons. The normalized spacial score (nSPS) is 16.6. The van der Waals surface area contributed by atoms with Gasteiger partial charge in [-0.1, -0.05) is 72.3 Å². The van der Waals surface area contributed by atoms with Gasteiger partial charge in [0.1, 0.15) is 0 Å². The van der Waals surface area contributed by atoms with Gasteiger partial charge in [-0.05, 0) is 41.8 Å². The fourth-order valence-electron chi connectivity index (χ4n) is 3.82. The molecule has 0 saturated heterocycles. The lowest BCUT2D eigenvalue weighted by Gasteiger charge is -2.23. The maximum Gasteiger partial charge on any atom is 0.285 e. The van der Waals surface area contributed by atoms with Crippen molar-refractivity contribution in [2.24, 2.45) is 9.50 Å². The number of hydrazone groups is 1. The van der Waals surface area contributed by atoms with E-state index in [1.54, 1.807) is 55.2 Å². The van der Waals surface area contributed by atoms with E-state index >= 15 is 0 Å². The third-order valence-electron chi connectivity index (χ3n) is 5.46. The molecule has 3 aromatic carbocycles. The van der Waals surface area contributed by atoms with E-state index in [1.807, 2.05) is 42.5 Å². The number of aryl methyl sites for hydroxylation is 1. The number of sulfonamides is 1. The van der Waals surface area contributed by atoms with Crippen molar-refractivity contribution in [1.82, 2.24) is 9.91 Å². The molecule has 0 saturated carbocycles. The Morgan fingerprint density at radius 2 is 1.64 bits per heavy atom. The molecule has 8 heteroatoms. The first-order valence-corrected chi connectivity index (χ1v) is 12.3. The van der Waals surface area contributed by atoms with Crippen molar-refractivity contribution in [3.05, 3.63) is 101 Å². The van der Waals surface area contributed by atoms with E-state index in [-0.39, 0.29) is 16.8 Å². The molecule has 170 valence electrons. The molecular formula is C25H25ClN4O2S. The van der Waals surface area contributed by atoms with Crippen molar-refractivity contribution in [1.29, 1.82) is 0 Å². The van der Waals surface area contributed by atoms with E-state index in [0.29, 0.717) is 17.1 Å². The van der Waals surface area contributed by atoms with Gasteiger partial charge in [0.2, 0.25) is 5.96 Å². The van der Waals surface area contributed by atoms with Gasteiger partial charge >= 0.3 is 0 Å². The fraction of sp³-hybridized carbons (Fsp3) is 0.200. The van der Waals surface area contributed by atoms with Crippen LogP contribution in [0.1, 0.15) is 22.6 Å². The first-order valence-electron chi connectivity index (χ1n) is 10.5. The van der Waals surface area contributed by atoms with Crippen LogP contribution in [-0.2, 0) is 10.0 Å². The van der Waals surface area contributed by atoms with Crippen LogP contribution in [-0.4, -0.2) is 50.6 Å². The maximum absolute atomic E-state index is 13.2. The minimum atomic E-state index is -3.92. The van der Waals surface area contributed by atoms with Crippen LogP contribution in [0, 0.1) is 6.92 Å². The largest absolute Gasteiger partial charge is 0.347 e. The van der Waals surface area contributed by atoms with Gasteiger partial charge in [-0.3, -0.25) is 0 Å². The quantitative estimate of drug-likeness (QED) is 0.399. The summed E-state index contributed by atoms with van der Waals surface area (Å²) in [6.45, 7) is 2.22. The number of benzene rings is 3. The standard InChI is InChI=1S/C25H25ClN4O2S/c1-18-9-7-8-12-23(18)33(31,32)28-25(29(2)3)30-17-22(19-10-5-4-6-11-19)24(27-30)20-13-15-21(26)16-14-20/h4-16,22H,17H2,1-3H3/b28-25+/t22-/m1/s1. The van der Waals surface area contributed by atoms with Crippen LogP contribution in [0.15, 0.2) is 93.3 Å². The molecule has 0 amide bonds. The summed E-state index contributed by atoms with van der Waals surface area (Å²) in [4.78, 5) is 1.86. The fourth-order valence-corrected chi connectivity index (χ4v) is 5.24. The molecule has 0 bridgehead atoms. The second-order valence-corrected chi connectivity index (χ2v) is 10.1. The summed E-state index contributed by atoms with van der Waals surface area (Å²) in [5, 5.41) is 7.15. The SMILES string of the molecule is Cc1ccccc1S(=O)(=O)/N=C(\N(C)C)N1C[C@H](c2ccccc2)C(c2ccc(Cl)cc2)=N1. The van der Waals surface area contributed by atoms with Crippen molar-refractivity contribution in [2.45, 2.75) is 17.7 Å². The lowest BCUT2D eigenvalue weighted by Crippen LogP contribution is -2.37. The topological polar surface area (TPSA) is 65.3 Å². The van der Waals surface area contributed by atoms with Crippen LogP contribution in [0.25, 0.3) is 0 Å². The monoisotopic (exact) mass is 480 g/mol. The van der Waals surface area contributed by atoms with E-state index in [0.717, 1.165) is 16.8 Å². The minimum Gasteiger partial charge on any atom is -0.347 e. The van der Waals surface area contributed by atoms with Crippen molar-refractivity contribution in [3.63, 3.8) is 0 Å². The molecule has 1 aliphatic rings. The lowest BCUT2D eigenvalue weighted by atomic mass is 9.91. The van der Waals surface area contributed by atoms with Gasteiger partial charge in [-0.15, -0.1) is 4.40 Å². The smallest absolute Gasteiger partial charge is 0.285 e. The zero-order valence-electron chi connectivity index (χ0n) is 18.7. The minimum absolute atomic E-state index is 0.0568. The molecule has 1 aliphatic heterocycles. The van der Waals surface area contributed by atoms with Crippen LogP contribution >= 0.6 is 11.6 Å². The first kappa shape index (κ1) is 23.0. The maximum atomic E-state index is 13.2. The number of hydrogen-bond donors (Lipinski definition) is 0. The predicted octanol–water partition coefficient (Wildman–Crippen LogP) is 4.76. The molecule has 1 atom stereocenters. The Bertz CT molecular complexity index is 1300. The Morgan fingerprint density at radius 3 is 2.27 bits per heavy atom. The van der Waals surface area contributed by atoms with Crippen molar-refractivity contribution in [3.8, 4) is 0 Å². The molecule has 33 heavy (non-hydrogen) atoms. The van der Waals surface area contributed by atoms with Gasteiger partial charge in [0.15, 0.2) is 0 Å². The molecular weight excluding hydrogens is 456 g/mol. The van der Waals surface area contributed by atoms with Crippen molar-refractivity contribution < 1.29 is 8.42 Å². The molecule has 0 N–H and O–H groups in total. The highest BCUT2D eigenvalue weighted by molar-refractivity contribution is 7.90. The van der Waals surface area contributed by atoms with Gasteiger partial charge < -0.3 is 4.90 Å². The predicted molar refractivity (Wildman–Crippen MR) is 133 cm³/mol. The van der Waals surface area contributed by atoms with Gasteiger partial charge in [0.05, 0.1) is 17.2 Å². The summed E-state index contributed by atoms with van der Waals surface area (Å²) in [5.41, 5.74) is 3.50. The highest BCUT2D eigenvalue weighted by Crippen LogP contribution is 2.30. The Hall–Kier alpha value is -3.16. The van der Waals surface area contributed by atoms with Gasteiger partial charge in [-0.2, -0.15) is 13.5 Å². The second-order valence-electron chi connectivity index (χ2n) is 8.06. The van der Waals surface area contributed by atoms with Gasteiger partial charge in [0, 0.05) is 25.0 Å². The summed E-state index contributed by atoms with van der Waals surface area (Å²) >= 11 is 6.09. The lowest BCUT2D eigenvalue weighted by molar-refractivity contribution is 0.404. The summed E-state index contributed by atoms with van der Waals surface area (Å²) in [7, 11) is -0.398. The zero-order valence-corrected chi connectivity index (χ0v) is 20.3. The van der Waals surface area contributed by atoms with Gasteiger partial charge in [0.25, 0.3) is 10.0 Å². The van der Waals surface area contributed by atoms with E-state index in [1.165, 1.54) is 0 Å². The van der Waals surface area contributed by atoms with E-state index < -0.39 is 10.0 Å². The third kappa shape index (κ3) is 4.94. The van der Waals surface area contributed by atoms with Gasteiger partial charge in [-0.25, -0.2) is 5.01 Å². The third-order valence-corrected chi connectivity index (χ3v) is 7.13. The summed E-state index contributed by atoms with van der Waals surface area (Å²) < 4.78 is 30.5. The zero-order chi connectivity index (χ0) is 23.6. The number of halogens is 1. The molecule has 0 aliphatic carbocycles. The highest BCUT2D eigenvalue weighted by atomic mass is 35.5. The molecule has 4 rings (SSSR count). The van der Waals surface area contributed by atoms with Crippen molar-refractivity contribution in [2.75, 3.05) is 20.6 Å². The Labute approximate surface area is 199 Å². The number of hydrogen-bond acceptors (Lipinski definition) is 3. The number of nitrogens with zero attached hydrogens (tertiary/aromatic N) is 4. The Balaban J connectivity index is 1.79. The van der Waals surface area contributed by atoms with Crippen LogP contribution in [0.2, 0.25) is 5.02 Å². The average Bonchev–Trinajstić information content (AvgIpc) is 3.24. The van der Waals surface area contributed by atoms with E-state index in [2.05, 4.69) is 16.5 Å². The van der Waals surface area contributed by atoms with Crippen LogP contribution in [0.5, 0.6) is 0 Å². The molecule has 6 nitrogen and oxygen atoms in total. The molecule has 0 unspecified atom stereocenters. The van der Waals surface area contributed by atoms with E-state index in [4.69, 9.17) is 16.7 Å². The summed E-state index contributed by atoms with van der Waals surface area (Å²) in [6.07, 6.45) is 0. The molecule has 3 aromatic rings. The van der Waals surface area contributed by atoms with Crippen molar-refractivity contribution >= 4 is 33.3 Å². The highest BCUT2D eigenvalue weighted by Gasteiger charge is 2.33. The van der Waals surface area contributed by atoms with Crippen LogP contribution in [0.4, 0.5) is 0 Å². The number of guanidine groups is 1. The molecule has 0 spiro atoms. The molecule has 0 fully saturated rings. The Morgan fingerprint density at radius 1 is 1.00 bits per heavy atom. The van der Waals surface area contributed by atoms with Crippen LogP contribution < -0.4 is 0 Å². The second kappa shape index (κ2) is 9.37. The first-order chi connectivity index (χ1) is 15.8. The molecule has 0 aromatic heterocycles. The summed E-state index contributed by atoms with van der Waals surface area (Å²) in [5.74, 6) is 0.196. The Kier molecular flexibility index (Phi) is 6.54. The molecule has 1 heterocycles. The summed E-state index contributed by atoms with van der Waals surface area (Å²) in [6, 6.07) is 24.4. The number of rotatable bonds is 4. The van der Waals surface area contributed by atoms with Crippen LogP contribution in [0.3, 0.4) is 0 Å². The van der Waals surface area contributed by atoms with E-state index in [9.17, 15) is 8.42 Å².